The Bertz CT molecular complexity index is 1170. The van der Waals surface area contributed by atoms with E-state index in [0.29, 0.717) is 0 Å². The molecule has 0 aliphatic carbocycles. The van der Waals surface area contributed by atoms with Crippen molar-refractivity contribution in [2.75, 3.05) is 7.11 Å². The molecule has 0 saturated heterocycles. The first-order valence-electron chi connectivity index (χ1n) is 8.46. The van der Waals surface area contributed by atoms with Crippen LogP contribution in [-0.2, 0) is 0 Å². The average Bonchev–Trinajstić information content (AvgIpc) is 2.75. The van der Waals surface area contributed by atoms with Crippen LogP contribution < -0.4 is 14.2 Å². The molecule has 1 N–H and O–H groups in total. The van der Waals surface area contributed by atoms with Gasteiger partial charge >= 0.3 is 5.97 Å². The Hall–Kier alpha value is -4.19. The van der Waals surface area contributed by atoms with Gasteiger partial charge in [-0.15, -0.1) is 0 Å². The molecule has 0 radical (unpaired) electrons. The van der Waals surface area contributed by atoms with Crippen molar-refractivity contribution in [3.63, 3.8) is 0 Å². The second kappa shape index (κ2) is 8.45. The number of carbonyl (C=O) groups is 1. The molecule has 2 aromatic carbocycles. The van der Waals surface area contributed by atoms with Crippen LogP contribution in [0.3, 0.4) is 0 Å². The predicted octanol–water partition coefficient (Wildman–Crippen LogP) is 4.83. The zero-order chi connectivity index (χ0) is 21.8. The summed E-state index contributed by atoms with van der Waals surface area (Å²) >= 11 is 0. The second-order valence-electron chi connectivity index (χ2n) is 5.99. The number of aromatic nitrogens is 1. The summed E-state index contributed by atoms with van der Waals surface area (Å²) in [5.41, 5.74) is -0.177. The van der Waals surface area contributed by atoms with E-state index < -0.39 is 34.9 Å². The first-order valence-corrected chi connectivity index (χ1v) is 8.46. The maximum atomic E-state index is 14.6. The molecule has 30 heavy (non-hydrogen) atoms. The number of ether oxygens (including phenoxy) is 3. The summed E-state index contributed by atoms with van der Waals surface area (Å²) in [6.07, 6.45) is 0. The number of nitrogens with zero attached hydrogens (tertiary/aromatic N) is 2. The van der Waals surface area contributed by atoms with Crippen molar-refractivity contribution in [1.29, 1.82) is 5.26 Å². The summed E-state index contributed by atoms with van der Waals surface area (Å²) in [6.45, 7) is 1.18. The van der Waals surface area contributed by atoms with Crippen molar-refractivity contribution < 1.29 is 32.9 Å². The minimum absolute atomic E-state index is 0.0160. The number of benzene rings is 2. The number of nitriles is 1. The summed E-state index contributed by atoms with van der Waals surface area (Å²) in [4.78, 5) is 14.9. The number of halogens is 2. The maximum absolute atomic E-state index is 14.6. The number of hydrogen-bond acceptors (Lipinski definition) is 6. The van der Waals surface area contributed by atoms with Crippen LogP contribution in [0.2, 0.25) is 0 Å². The van der Waals surface area contributed by atoms with Gasteiger partial charge in [0.1, 0.15) is 5.75 Å². The quantitative estimate of drug-likeness (QED) is 0.619. The molecule has 1 aromatic heterocycles. The van der Waals surface area contributed by atoms with Gasteiger partial charge in [-0.1, -0.05) is 6.07 Å². The Kier molecular flexibility index (Phi) is 5.78. The van der Waals surface area contributed by atoms with Gasteiger partial charge in [0.25, 0.3) is 11.8 Å². The Balaban J connectivity index is 2.00. The van der Waals surface area contributed by atoms with Crippen molar-refractivity contribution >= 4 is 5.97 Å². The largest absolute Gasteiger partial charge is 0.493 e. The first-order chi connectivity index (χ1) is 14.3. The molecular weight excluding hydrogens is 398 g/mol. The summed E-state index contributed by atoms with van der Waals surface area (Å²) < 4.78 is 44.9. The third kappa shape index (κ3) is 4.12. The van der Waals surface area contributed by atoms with Gasteiger partial charge in [-0.25, -0.2) is 13.6 Å². The lowest BCUT2D eigenvalue weighted by Crippen LogP contribution is -2.03. The third-order valence-electron chi connectivity index (χ3n) is 4.03. The fourth-order valence-electron chi connectivity index (χ4n) is 2.47. The molecule has 7 nitrogen and oxygen atoms in total. The second-order valence-corrected chi connectivity index (χ2v) is 5.99. The van der Waals surface area contributed by atoms with Crippen LogP contribution in [0.15, 0.2) is 42.5 Å². The van der Waals surface area contributed by atoms with Crippen LogP contribution >= 0.6 is 0 Å². The lowest BCUT2D eigenvalue weighted by molar-refractivity contribution is 0.0696. The molecule has 0 aliphatic rings. The molecule has 0 amide bonds. The van der Waals surface area contributed by atoms with Crippen LogP contribution in [0.5, 0.6) is 29.0 Å². The summed E-state index contributed by atoms with van der Waals surface area (Å²) in [5, 5.41) is 18.0. The van der Waals surface area contributed by atoms with Crippen LogP contribution in [0.1, 0.15) is 21.5 Å². The fourth-order valence-corrected chi connectivity index (χ4v) is 2.47. The van der Waals surface area contributed by atoms with Gasteiger partial charge in [0.05, 0.1) is 24.3 Å². The molecule has 0 atom stereocenters. The first kappa shape index (κ1) is 20.5. The van der Waals surface area contributed by atoms with Crippen LogP contribution in [0, 0.1) is 29.9 Å². The SMILES string of the molecule is COc1cc(C(=O)O)ccc1Oc1nc(Oc2cccc(C#N)c2)c(F)c(C)c1F. The molecule has 0 saturated carbocycles. The number of aromatic carboxylic acids is 1. The monoisotopic (exact) mass is 412 g/mol. The number of methoxy groups -OCH3 is 1. The van der Waals surface area contributed by atoms with Gasteiger partial charge < -0.3 is 19.3 Å². The van der Waals surface area contributed by atoms with Gasteiger partial charge in [-0.05, 0) is 43.3 Å². The molecule has 3 rings (SSSR count). The van der Waals surface area contributed by atoms with Crippen molar-refractivity contribution in [3.8, 4) is 35.1 Å². The highest BCUT2D eigenvalue weighted by Crippen LogP contribution is 2.36. The summed E-state index contributed by atoms with van der Waals surface area (Å²) in [7, 11) is 1.28. The zero-order valence-electron chi connectivity index (χ0n) is 15.8. The molecule has 0 bridgehead atoms. The highest BCUT2D eigenvalue weighted by atomic mass is 19.1. The maximum Gasteiger partial charge on any atom is 0.335 e. The number of carboxylic acids is 1. The Morgan fingerprint density at radius 3 is 2.40 bits per heavy atom. The van der Waals surface area contributed by atoms with E-state index in [1.54, 1.807) is 0 Å². The summed E-state index contributed by atoms with van der Waals surface area (Å²) in [5.74, 6) is -4.32. The van der Waals surface area contributed by atoms with Gasteiger partial charge in [-0.3, -0.25) is 0 Å². The van der Waals surface area contributed by atoms with Gasteiger partial charge in [0.2, 0.25) is 0 Å². The van der Waals surface area contributed by atoms with E-state index >= 15 is 0 Å². The minimum Gasteiger partial charge on any atom is -0.493 e. The summed E-state index contributed by atoms with van der Waals surface area (Å²) in [6, 6.07) is 11.5. The lowest BCUT2D eigenvalue weighted by atomic mass is 10.2. The Morgan fingerprint density at radius 2 is 1.77 bits per heavy atom. The van der Waals surface area contributed by atoms with Gasteiger partial charge in [0, 0.05) is 5.56 Å². The number of pyridine rings is 1. The lowest BCUT2D eigenvalue weighted by Gasteiger charge is -2.14. The topological polar surface area (TPSA) is 102 Å². The van der Waals surface area contributed by atoms with Crippen molar-refractivity contribution in [2.45, 2.75) is 6.92 Å². The van der Waals surface area contributed by atoms with Crippen LogP contribution in [0.4, 0.5) is 8.78 Å². The van der Waals surface area contributed by atoms with Crippen LogP contribution in [0.25, 0.3) is 0 Å². The van der Waals surface area contributed by atoms with Crippen molar-refractivity contribution in [1.82, 2.24) is 4.98 Å². The highest BCUT2D eigenvalue weighted by molar-refractivity contribution is 5.88. The molecule has 3 aromatic rings. The molecule has 152 valence electrons. The Morgan fingerprint density at radius 1 is 1.07 bits per heavy atom. The molecule has 0 fully saturated rings. The minimum atomic E-state index is -1.18. The molecule has 0 unspecified atom stereocenters. The predicted molar refractivity (Wildman–Crippen MR) is 100 cm³/mol. The fraction of sp³-hybridized carbons (Fsp3) is 0.0952. The normalized spacial score (nSPS) is 10.2. The number of rotatable bonds is 6. The Labute approximate surface area is 169 Å². The number of carboxylic acid groups (broad SMARTS) is 1. The standard InChI is InChI=1S/C21H14F2N2O5/c1-11-17(22)19(29-14-5-3-4-12(8-14)10-24)25-20(18(11)23)30-15-7-6-13(21(26)27)9-16(15)28-2/h3-9H,1-2H3,(H,26,27). The molecule has 0 spiro atoms. The van der Waals surface area contributed by atoms with E-state index in [-0.39, 0.29) is 28.4 Å². The van der Waals surface area contributed by atoms with E-state index in [4.69, 9.17) is 24.6 Å². The average molecular weight is 412 g/mol. The third-order valence-corrected chi connectivity index (χ3v) is 4.03. The van der Waals surface area contributed by atoms with E-state index in [9.17, 15) is 13.6 Å². The van der Waals surface area contributed by atoms with E-state index in [1.807, 2.05) is 6.07 Å². The van der Waals surface area contributed by atoms with Gasteiger partial charge in [-0.2, -0.15) is 10.2 Å². The highest BCUT2D eigenvalue weighted by Gasteiger charge is 2.22. The molecule has 9 heteroatoms. The van der Waals surface area contributed by atoms with Crippen LogP contribution in [-0.4, -0.2) is 23.2 Å². The molecular formula is C21H14F2N2O5. The van der Waals surface area contributed by atoms with E-state index in [1.165, 1.54) is 56.5 Å². The smallest absolute Gasteiger partial charge is 0.335 e. The zero-order valence-corrected chi connectivity index (χ0v) is 15.8. The molecule has 0 aliphatic heterocycles. The number of hydrogen-bond donors (Lipinski definition) is 1. The van der Waals surface area contributed by atoms with E-state index in [0.717, 1.165) is 0 Å². The van der Waals surface area contributed by atoms with Crippen molar-refractivity contribution in [3.05, 3.63) is 70.8 Å². The molecule has 1 heterocycles. The van der Waals surface area contributed by atoms with E-state index in [2.05, 4.69) is 4.98 Å². The van der Waals surface area contributed by atoms with Crippen molar-refractivity contribution in [2.24, 2.45) is 0 Å². The van der Waals surface area contributed by atoms with Gasteiger partial charge in [0.15, 0.2) is 23.1 Å².